The molecule has 0 N–H and O–H groups in total. The summed E-state index contributed by atoms with van der Waals surface area (Å²) in [6.07, 6.45) is 0. The van der Waals surface area contributed by atoms with Gasteiger partial charge in [0.2, 0.25) is 0 Å². The predicted octanol–water partition coefficient (Wildman–Crippen LogP) is 1.45. The molecule has 1 fully saturated rings. The molecule has 114 valence electrons. The van der Waals surface area contributed by atoms with Gasteiger partial charge >= 0.3 is 0 Å². The maximum absolute atomic E-state index is 12.7. The van der Waals surface area contributed by atoms with Crippen molar-refractivity contribution in [2.24, 2.45) is 0 Å². The van der Waals surface area contributed by atoms with E-state index in [1.54, 1.807) is 6.07 Å². The van der Waals surface area contributed by atoms with Crippen molar-refractivity contribution in [2.45, 2.75) is 0 Å². The molecule has 1 aromatic rings. The van der Waals surface area contributed by atoms with Crippen molar-refractivity contribution < 1.29 is 14.3 Å². The Morgan fingerprint density at radius 2 is 1.90 bits per heavy atom. The minimum absolute atomic E-state index is 0.0165. The van der Waals surface area contributed by atoms with Crippen LogP contribution in [0.25, 0.3) is 0 Å². The van der Waals surface area contributed by atoms with E-state index in [1.807, 2.05) is 17.0 Å². The predicted molar refractivity (Wildman–Crippen MR) is 80.5 cm³/mol. The Balaban J connectivity index is 1.72. The third-order valence-electron chi connectivity index (χ3n) is 3.86. The van der Waals surface area contributed by atoms with Gasteiger partial charge in [0.1, 0.15) is 13.2 Å². The molecule has 2 aliphatic heterocycles. The van der Waals surface area contributed by atoms with E-state index in [0.717, 1.165) is 32.7 Å². The molecule has 0 atom stereocenters. The Bertz CT molecular complexity index is 516. The van der Waals surface area contributed by atoms with E-state index in [9.17, 15) is 4.79 Å². The Kier molecular flexibility index (Phi) is 4.51. The minimum atomic E-state index is 0.0165. The summed E-state index contributed by atoms with van der Waals surface area (Å²) in [7, 11) is 0. The molecule has 1 aromatic carbocycles. The number of hydrogen-bond acceptors (Lipinski definition) is 4. The summed E-state index contributed by atoms with van der Waals surface area (Å²) in [5.74, 6) is 1.89. The normalized spacial score (nSPS) is 18.6. The zero-order valence-corrected chi connectivity index (χ0v) is 12.6. The highest BCUT2D eigenvalue weighted by molar-refractivity contribution is 6.18. The topological polar surface area (TPSA) is 42.0 Å². The first-order valence-electron chi connectivity index (χ1n) is 7.26. The number of rotatable bonds is 3. The van der Waals surface area contributed by atoms with Gasteiger partial charge in [-0.25, -0.2) is 0 Å². The van der Waals surface area contributed by atoms with Crippen LogP contribution in [0, 0.1) is 0 Å². The molecule has 0 unspecified atom stereocenters. The van der Waals surface area contributed by atoms with Crippen LogP contribution < -0.4 is 9.47 Å². The lowest BCUT2D eigenvalue weighted by atomic mass is 10.1. The maximum Gasteiger partial charge on any atom is 0.257 e. The highest BCUT2D eigenvalue weighted by Gasteiger charge is 2.26. The van der Waals surface area contributed by atoms with E-state index in [4.69, 9.17) is 21.1 Å². The van der Waals surface area contributed by atoms with Crippen LogP contribution in [-0.4, -0.2) is 67.5 Å². The Morgan fingerprint density at radius 3 is 2.67 bits per heavy atom. The highest BCUT2D eigenvalue weighted by atomic mass is 35.5. The number of piperazine rings is 1. The van der Waals surface area contributed by atoms with Gasteiger partial charge < -0.3 is 14.4 Å². The van der Waals surface area contributed by atoms with Crippen LogP contribution in [-0.2, 0) is 0 Å². The van der Waals surface area contributed by atoms with Crippen molar-refractivity contribution >= 4 is 17.5 Å². The van der Waals surface area contributed by atoms with E-state index < -0.39 is 0 Å². The number of ether oxygens (including phenoxy) is 2. The second-order valence-electron chi connectivity index (χ2n) is 5.15. The van der Waals surface area contributed by atoms with E-state index in [1.165, 1.54) is 0 Å². The summed E-state index contributed by atoms with van der Waals surface area (Å²) in [5, 5.41) is 0. The third kappa shape index (κ3) is 3.09. The fourth-order valence-electron chi connectivity index (χ4n) is 2.71. The molecule has 21 heavy (non-hydrogen) atoms. The molecule has 1 amide bonds. The summed E-state index contributed by atoms with van der Waals surface area (Å²) >= 11 is 5.76. The lowest BCUT2D eigenvalue weighted by Gasteiger charge is -2.34. The second-order valence-corrected chi connectivity index (χ2v) is 5.53. The molecular weight excluding hydrogens is 292 g/mol. The van der Waals surface area contributed by atoms with Crippen molar-refractivity contribution in [1.82, 2.24) is 9.80 Å². The Morgan fingerprint density at radius 1 is 1.14 bits per heavy atom. The third-order valence-corrected chi connectivity index (χ3v) is 4.03. The summed E-state index contributed by atoms with van der Waals surface area (Å²) in [6, 6.07) is 5.48. The zero-order chi connectivity index (χ0) is 14.7. The first kappa shape index (κ1) is 14.5. The quantitative estimate of drug-likeness (QED) is 0.793. The van der Waals surface area contributed by atoms with Gasteiger partial charge in [0, 0.05) is 38.6 Å². The monoisotopic (exact) mass is 310 g/mol. The molecule has 0 aliphatic carbocycles. The highest BCUT2D eigenvalue weighted by Crippen LogP contribution is 2.34. The number of benzene rings is 1. The smallest absolute Gasteiger partial charge is 0.257 e. The maximum atomic E-state index is 12.7. The molecule has 5 nitrogen and oxygen atoms in total. The first-order valence-corrected chi connectivity index (χ1v) is 7.79. The molecule has 0 spiro atoms. The van der Waals surface area contributed by atoms with Gasteiger partial charge in [-0.1, -0.05) is 6.07 Å². The fourth-order valence-corrected chi connectivity index (χ4v) is 2.95. The number of carbonyl (C=O) groups is 1. The zero-order valence-electron chi connectivity index (χ0n) is 11.9. The number of nitrogens with zero attached hydrogens (tertiary/aromatic N) is 2. The van der Waals surface area contributed by atoms with Gasteiger partial charge in [0.25, 0.3) is 5.91 Å². The van der Waals surface area contributed by atoms with Gasteiger partial charge in [-0.15, -0.1) is 11.6 Å². The van der Waals surface area contributed by atoms with Gasteiger partial charge in [0.15, 0.2) is 11.5 Å². The van der Waals surface area contributed by atoms with Crippen LogP contribution in [0.2, 0.25) is 0 Å². The minimum Gasteiger partial charge on any atom is -0.486 e. The Labute approximate surface area is 129 Å². The van der Waals surface area contributed by atoms with Gasteiger partial charge in [-0.05, 0) is 12.1 Å². The molecule has 2 heterocycles. The first-order chi connectivity index (χ1) is 10.3. The number of carbonyl (C=O) groups excluding carboxylic acids is 1. The summed E-state index contributed by atoms with van der Waals surface area (Å²) < 4.78 is 11.2. The molecule has 1 saturated heterocycles. The van der Waals surface area contributed by atoms with E-state index >= 15 is 0 Å². The summed E-state index contributed by atoms with van der Waals surface area (Å²) in [6.45, 7) is 5.07. The fraction of sp³-hybridized carbons (Fsp3) is 0.533. The lowest BCUT2D eigenvalue weighted by Crippen LogP contribution is -2.49. The second kappa shape index (κ2) is 6.54. The van der Waals surface area contributed by atoms with Crippen LogP contribution in [0.15, 0.2) is 18.2 Å². The van der Waals surface area contributed by atoms with Crippen LogP contribution in [0.5, 0.6) is 11.5 Å². The number of hydrogen-bond donors (Lipinski definition) is 0. The molecule has 0 saturated carbocycles. The van der Waals surface area contributed by atoms with Gasteiger partial charge in [-0.3, -0.25) is 9.69 Å². The van der Waals surface area contributed by atoms with Crippen molar-refractivity contribution in [3.63, 3.8) is 0 Å². The van der Waals surface area contributed by atoms with Crippen molar-refractivity contribution in [3.05, 3.63) is 23.8 Å². The molecule has 6 heteroatoms. The van der Waals surface area contributed by atoms with Crippen LogP contribution in [0.1, 0.15) is 10.4 Å². The number of para-hydroxylation sites is 1. The average molecular weight is 311 g/mol. The SMILES string of the molecule is O=C(c1cccc2c1OCCO2)N1CCN(CCCl)CC1. The molecule has 2 aliphatic rings. The van der Waals surface area contributed by atoms with Gasteiger partial charge in [0.05, 0.1) is 5.56 Å². The number of halogens is 1. The summed E-state index contributed by atoms with van der Waals surface area (Å²) in [5.41, 5.74) is 0.595. The molecule has 0 aromatic heterocycles. The van der Waals surface area contributed by atoms with Crippen LogP contribution in [0.3, 0.4) is 0 Å². The average Bonchev–Trinajstić information content (AvgIpc) is 2.55. The number of amides is 1. The van der Waals surface area contributed by atoms with E-state index in [2.05, 4.69) is 4.90 Å². The van der Waals surface area contributed by atoms with Gasteiger partial charge in [-0.2, -0.15) is 0 Å². The van der Waals surface area contributed by atoms with Crippen molar-refractivity contribution in [2.75, 3.05) is 51.8 Å². The molecular formula is C15H19ClN2O3. The molecule has 0 radical (unpaired) electrons. The van der Waals surface area contributed by atoms with Crippen molar-refractivity contribution in [1.29, 1.82) is 0 Å². The summed E-state index contributed by atoms with van der Waals surface area (Å²) in [4.78, 5) is 16.8. The van der Waals surface area contributed by atoms with Crippen LogP contribution >= 0.6 is 11.6 Å². The molecule has 0 bridgehead atoms. The van der Waals surface area contributed by atoms with E-state index in [-0.39, 0.29) is 5.91 Å². The Hall–Kier alpha value is -1.46. The lowest BCUT2D eigenvalue weighted by molar-refractivity contribution is 0.0635. The number of alkyl halides is 1. The van der Waals surface area contributed by atoms with Crippen molar-refractivity contribution in [3.8, 4) is 11.5 Å². The van der Waals surface area contributed by atoms with E-state index in [0.29, 0.717) is 36.2 Å². The number of fused-ring (bicyclic) bond motifs is 1. The van der Waals surface area contributed by atoms with Crippen LogP contribution in [0.4, 0.5) is 0 Å². The molecule has 3 rings (SSSR count). The standard InChI is InChI=1S/C15H19ClN2O3/c16-4-5-17-6-8-18(9-7-17)15(19)12-2-1-3-13-14(12)21-11-10-20-13/h1-3H,4-11H2. The largest absolute Gasteiger partial charge is 0.486 e.